The molecular formula is C21H26ClN5O3S. The Morgan fingerprint density at radius 3 is 2.32 bits per heavy atom. The Morgan fingerprint density at radius 1 is 1.10 bits per heavy atom. The summed E-state index contributed by atoms with van der Waals surface area (Å²) in [5.41, 5.74) is 9.80. The highest BCUT2D eigenvalue weighted by Gasteiger charge is 2.14. The van der Waals surface area contributed by atoms with Gasteiger partial charge in [-0.2, -0.15) is 5.10 Å². The third-order valence-corrected chi connectivity index (χ3v) is 5.52. The van der Waals surface area contributed by atoms with E-state index in [1.54, 1.807) is 16.8 Å². The van der Waals surface area contributed by atoms with Gasteiger partial charge in [0, 0.05) is 31.5 Å². The van der Waals surface area contributed by atoms with Crippen LogP contribution in [0.3, 0.4) is 0 Å². The second kappa shape index (κ2) is 10.5. The number of nitrogens with one attached hydrogen (secondary N) is 1. The number of nitrogens with two attached hydrogens (primary N) is 2. The number of nitrogens with zero attached hydrogens (tertiary/aromatic N) is 2. The molecule has 2 aromatic carbocycles. The molecule has 3 aromatic rings. The van der Waals surface area contributed by atoms with Crippen LogP contribution in [-0.2, 0) is 21.2 Å². The van der Waals surface area contributed by atoms with E-state index in [-0.39, 0.29) is 23.2 Å². The number of hydrogen-bond donors (Lipinski definition) is 3. The Balaban J connectivity index is 0.00000341. The topological polar surface area (TPSA) is 133 Å². The van der Waals surface area contributed by atoms with Gasteiger partial charge in [0.05, 0.1) is 22.0 Å². The van der Waals surface area contributed by atoms with Crippen molar-refractivity contribution in [2.45, 2.75) is 24.7 Å². The van der Waals surface area contributed by atoms with Crippen molar-refractivity contribution in [1.82, 2.24) is 15.1 Å². The fraction of sp³-hybridized carbons (Fsp3) is 0.238. The van der Waals surface area contributed by atoms with E-state index in [1.165, 1.54) is 12.1 Å². The molecule has 1 amide bonds. The van der Waals surface area contributed by atoms with Crippen LogP contribution in [0, 0.1) is 6.92 Å². The summed E-state index contributed by atoms with van der Waals surface area (Å²) in [6.07, 6.45) is 0.770. The van der Waals surface area contributed by atoms with Crippen LogP contribution in [0.2, 0.25) is 0 Å². The molecule has 0 spiro atoms. The minimum absolute atomic E-state index is 0. The van der Waals surface area contributed by atoms with Gasteiger partial charge < -0.3 is 11.1 Å². The van der Waals surface area contributed by atoms with E-state index in [2.05, 4.69) is 10.4 Å². The molecule has 0 fully saturated rings. The zero-order valence-electron chi connectivity index (χ0n) is 17.1. The third kappa shape index (κ3) is 6.38. The normalized spacial score (nSPS) is 11.1. The molecular weight excluding hydrogens is 438 g/mol. The van der Waals surface area contributed by atoms with Gasteiger partial charge in [-0.1, -0.05) is 29.8 Å². The predicted octanol–water partition coefficient (Wildman–Crippen LogP) is 1.92. The average molecular weight is 464 g/mol. The van der Waals surface area contributed by atoms with E-state index >= 15 is 0 Å². The van der Waals surface area contributed by atoms with Crippen LogP contribution in [0.25, 0.3) is 16.9 Å². The van der Waals surface area contributed by atoms with Crippen molar-refractivity contribution in [3.8, 4) is 16.9 Å². The van der Waals surface area contributed by atoms with Crippen molar-refractivity contribution >= 4 is 28.3 Å². The first-order chi connectivity index (χ1) is 14.3. The van der Waals surface area contributed by atoms with Gasteiger partial charge >= 0.3 is 0 Å². The fourth-order valence-electron chi connectivity index (χ4n) is 3.00. The first-order valence-electron chi connectivity index (χ1n) is 9.54. The quantitative estimate of drug-likeness (QED) is 0.469. The summed E-state index contributed by atoms with van der Waals surface area (Å²) in [7, 11) is -3.77. The van der Waals surface area contributed by atoms with Gasteiger partial charge in [-0.3, -0.25) is 4.79 Å². The van der Waals surface area contributed by atoms with Crippen LogP contribution in [0.5, 0.6) is 0 Å². The molecule has 3 rings (SSSR count). The zero-order chi connectivity index (χ0) is 21.7. The number of hydrogen-bond acceptors (Lipinski definition) is 5. The van der Waals surface area contributed by atoms with Crippen molar-refractivity contribution in [2.75, 3.05) is 13.1 Å². The molecule has 5 N–H and O–H groups in total. The molecule has 0 aliphatic rings. The van der Waals surface area contributed by atoms with Gasteiger partial charge in [0.25, 0.3) is 0 Å². The maximum Gasteiger partial charge on any atom is 0.238 e. The second-order valence-corrected chi connectivity index (χ2v) is 8.54. The Labute approximate surface area is 188 Å². The molecule has 0 unspecified atom stereocenters. The Morgan fingerprint density at radius 2 is 1.74 bits per heavy atom. The Bertz CT molecular complexity index is 1130. The molecule has 1 aromatic heterocycles. The average Bonchev–Trinajstić information content (AvgIpc) is 3.15. The van der Waals surface area contributed by atoms with Gasteiger partial charge in [0.15, 0.2) is 0 Å². The minimum atomic E-state index is -3.77. The summed E-state index contributed by atoms with van der Waals surface area (Å²) in [6, 6.07) is 16.2. The van der Waals surface area contributed by atoms with Gasteiger partial charge in [-0.15, -0.1) is 12.4 Å². The van der Waals surface area contributed by atoms with Crippen molar-refractivity contribution in [3.63, 3.8) is 0 Å². The number of carbonyl (C=O) groups is 1. The summed E-state index contributed by atoms with van der Waals surface area (Å²) >= 11 is 0. The van der Waals surface area contributed by atoms with Crippen LogP contribution in [0.1, 0.15) is 17.7 Å². The van der Waals surface area contributed by atoms with Crippen molar-refractivity contribution in [1.29, 1.82) is 0 Å². The number of aryl methyl sites for hydroxylation is 2. The zero-order valence-corrected chi connectivity index (χ0v) is 18.7. The number of rotatable bonds is 8. The first-order valence-corrected chi connectivity index (χ1v) is 11.1. The third-order valence-electron chi connectivity index (χ3n) is 4.59. The standard InChI is InChI=1S/C21H25N5O3S.ClH/c1-15-2-4-16(5-3-15)20-14-17(6-11-21(27)24-13-12-22)25-26(20)18-7-9-19(10-8-18)30(23,28)29;/h2-5,7-10,14H,6,11-13,22H2,1H3,(H,24,27)(H2,23,28,29);1H. The van der Waals surface area contributed by atoms with E-state index in [1.807, 2.05) is 37.3 Å². The monoisotopic (exact) mass is 463 g/mol. The highest BCUT2D eigenvalue weighted by molar-refractivity contribution is 7.89. The number of amides is 1. The molecule has 1 heterocycles. The summed E-state index contributed by atoms with van der Waals surface area (Å²) in [4.78, 5) is 11.9. The molecule has 10 heteroatoms. The summed E-state index contributed by atoms with van der Waals surface area (Å²) in [6.45, 7) is 2.85. The number of aromatic nitrogens is 2. The van der Waals surface area contributed by atoms with E-state index < -0.39 is 10.0 Å². The number of sulfonamides is 1. The Hall–Kier alpha value is -2.72. The second-order valence-electron chi connectivity index (χ2n) is 6.98. The Kier molecular flexibility index (Phi) is 8.35. The summed E-state index contributed by atoms with van der Waals surface area (Å²) in [5, 5.41) is 12.6. The van der Waals surface area contributed by atoms with Crippen LogP contribution >= 0.6 is 12.4 Å². The first kappa shape index (κ1) is 24.5. The summed E-state index contributed by atoms with van der Waals surface area (Å²) < 4.78 is 24.8. The molecule has 8 nitrogen and oxygen atoms in total. The largest absolute Gasteiger partial charge is 0.355 e. The molecule has 0 bridgehead atoms. The maximum atomic E-state index is 11.9. The highest BCUT2D eigenvalue weighted by atomic mass is 35.5. The lowest BCUT2D eigenvalue weighted by atomic mass is 10.1. The van der Waals surface area contributed by atoms with Crippen molar-refractivity contribution < 1.29 is 13.2 Å². The van der Waals surface area contributed by atoms with E-state index in [0.717, 1.165) is 22.5 Å². The number of benzene rings is 2. The fourth-order valence-corrected chi connectivity index (χ4v) is 3.51. The van der Waals surface area contributed by atoms with E-state index in [4.69, 9.17) is 10.9 Å². The molecule has 0 radical (unpaired) electrons. The van der Waals surface area contributed by atoms with Crippen LogP contribution in [0.15, 0.2) is 59.5 Å². The lowest BCUT2D eigenvalue weighted by Crippen LogP contribution is -2.29. The molecule has 0 aliphatic heterocycles. The van der Waals surface area contributed by atoms with E-state index in [0.29, 0.717) is 31.6 Å². The predicted molar refractivity (Wildman–Crippen MR) is 123 cm³/mol. The number of primary sulfonamides is 1. The van der Waals surface area contributed by atoms with Gasteiger partial charge in [0.2, 0.25) is 15.9 Å². The van der Waals surface area contributed by atoms with Gasteiger partial charge in [-0.05, 0) is 37.3 Å². The number of carbonyl (C=O) groups excluding carboxylic acids is 1. The maximum absolute atomic E-state index is 11.9. The molecule has 0 saturated carbocycles. The smallest absolute Gasteiger partial charge is 0.238 e. The SMILES string of the molecule is Cc1ccc(-c2cc(CCC(=O)NCCN)nn2-c2ccc(S(N)(=O)=O)cc2)cc1.Cl. The van der Waals surface area contributed by atoms with Crippen LogP contribution in [0.4, 0.5) is 0 Å². The van der Waals surface area contributed by atoms with Crippen molar-refractivity contribution in [3.05, 3.63) is 65.9 Å². The minimum Gasteiger partial charge on any atom is -0.355 e. The molecule has 31 heavy (non-hydrogen) atoms. The van der Waals surface area contributed by atoms with Crippen LogP contribution in [-0.4, -0.2) is 37.2 Å². The van der Waals surface area contributed by atoms with Crippen molar-refractivity contribution in [2.24, 2.45) is 10.9 Å². The highest BCUT2D eigenvalue weighted by Crippen LogP contribution is 2.25. The van der Waals surface area contributed by atoms with Gasteiger partial charge in [-0.25, -0.2) is 18.2 Å². The molecule has 0 atom stereocenters. The van der Waals surface area contributed by atoms with Crippen LogP contribution < -0.4 is 16.2 Å². The van der Waals surface area contributed by atoms with E-state index in [9.17, 15) is 13.2 Å². The summed E-state index contributed by atoms with van der Waals surface area (Å²) in [5.74, 6) is -0.0793. The lowest BCUT2D eigenvalue weighted by Gasteiger charge is -2.09. The lowest BCUT2D eigenvalue weighted by molar-refractivity contribution is -0.121. The number of halogens is 1. The molecule has 0 saturated heterocycles. The van der Waals surface area contributed by atoms with Gasteiger partial charge in [0.1, 0.15) is 0 Å². The molecule has 166 valence electrons. The molecule has 0 aliphatic carbocycles.